The van der Waals surface area contributed by atoms with E-state index in [1.54, 1.807) is 0 Å². The van der Waals surface area contributed by atoms with Gasteiger partial charge in [-0.2, -0.15) is 0 Å². The zero-order chi connectivity index (χ0) is 25.9. The maximum atomic E-state index is 3.45. The van der Waals surface area contributed by atoms with Crippen LogP contribution in [0.15, 0.2) is 127 Å². The van der Waals surface area contributed by atoms with E-state index in [4.69, 9.17) is 0 Å². The minimum atomic E-state index is 1.08. The van der Waals surface area contributed by atoms with Crippen LogP contribution in [-0.4, -0.2) is 0 Å². The molecule has 0 aliphatic heterocycles. The highest BCUT2D eigenvalue weighted by atomic mass is 15.1. The summed E-state index contributed by atoms with van der Waals surface area (Å²) in [6.07, 6.45) is 4.40. The molecular formula is C34H38N2. The number of allylic oxidation sites excluding steroid dienone is 3. The topological polar surface area (TPSA) is 15.3 Å². The van der Waals surface area contributed by atoms with Crippen molar-refractivity contribution in [1.29, 1.82) is 0 Å². The molecule has 0 aliphatic rings. The van der Waals surface area contributed by atoms with Gasteiger partial charge in [0.25, 0.3) is 0 Å². The van der Waals surface area contributed by atoms with Crippen molar-refractivity contribution in [3.05, 3.63) is 132 Å². The number of anilines is 4. The first kappa shape index (κ1) is 26.6. The van der Waals surface area contributed by atoms with Crippen molar-refractivity contribution in [3.63, 3.8) is 0 Å². The van der Waals surface area contributed by atoms with Gasteiger partial charge in [-0.05, 0) is 99.0 Å². The molecule has 0 saturated carbocycles. The third-order valence-electron chi connectivity index (χ3n) is 5.66. The normalized spacial score (nSPS) is 10.7. The number of hydrogen-bond acceptors (Lipinski definition) is 2. The molecule has 0 radical (unpaired) electrons. The molecule has 4 rings (SSSR count). The summed E-state index contributed by atoms with van der Waals surface area (Å²) in [6, 6.07) is 36.3. The summed E-state index contributed by atoms with van der Waals surface area (Å²) in [7, 11) is 0. The molecule has 0 aliphatic carbocycles. The van der Waals surface area contributed by atoms with Gasteiger partial charge in [0.15, 0.2) is 0 Å². The average Bonchev–Trinajstić information content (AvgIpc) is 2.91. The zero-order valence-electron chi connectivity index (χ0n) is 22.4. The van der Waals surface area contributed by atoms with E-state index in [0.717, 1.165) is 28.4 Å². The van der Waals surface area contributed by atoms with Gasteiger partial charge < -0.3 is 10.2 Å². The second-order valence-electron chi connectivity index (χ2n) is 8.72. The molecule has 0 atom stereocenters. The Kier molecular flexibility index (Phi) is 9.71. The smallest absolute Gasteiger partial charge is 0.0464 e. The highest BCUT2D eigenvalue weighted by Gasteiger charge is 2.13. The summed E-state index contributed by atoms with van der Waals surface area (Å²) in [5, 5.41) is 3.45. The molecule has 0 aromatic heterocycles. The SMILES string of the molecule is C/C=C(\C=C(C)C)N(c1ccc(-c2ccc(Nc3ccccc3)cc2)cc1)c1cccc(C)c1.CC. The summed E-state index contributed by atoms with van der Waals surface area (Å²) < 4.78 is 0. The van der Waals surface area contributed by atoms with E-state index < -0.39 is 0 Å². The van der Waals surface area contributed by atoms with Gasteiger partial charge in [0.1, 0.15) is 0 Å². The predicted octanol–water partition coefficient (Wildman–Crippen LogP) is 10.4. The van der Waals surface area contributed by atoms with Crippen LogP contribution in [0, 0.1) is 6.92 Å². The molecule has 2 nitrogen and oxygen atoms in total. The molecule has 1 N–H and O–H groups in total. The van der Waals surface area contributed by atoms with Crippen molar-refractivity contribution in [2.24, 2.45) is 0 Å². The van der Waals surface area contributed by atoms with Crippen LogP contribution < -0.4 is 10.2 Å². The summed E-state index contributed by atoms with van der Waals surface area (Å²) in [5.74, 6) is 0. The Morgan fingerprint density at radius 3 is 1.81 bits per heavy atom. The van der Waals surface area contributed by atoms with Crippen LogP contribution in [0.4, 0.5) is 22.7 Å². The van der Waals surface area contributed by atoms with Gasteiger partial charge in [-0.15, -0.1) is 0 Å². The zero-order valence-corrected chi connectivity index (χ0v) is 22.4. The lowest BCUT2D eigenvalue weighted by Crippen LogP contribution is -2.15. The molecule has 36 heavy (non-hydrogen) atoms. The molecule has 0 amide bonds. The lowest BCUT2D eigenvalue weighted by atomic mass is 10.0. The minimum Gasteiger partial charge on any atom is -0.356 e. The maximum Gasteiger partial charge on any atom is 0.0464 e. The summed E-state index contributed by atoms with van der Waals surface area (Å²) in [5.41, 5.74) is 10.5. The molecule has 184 valence electrons. The van der Waals surface area contributed by atoms with E-state index in [2.05, 4.69) is 135 Å². The van der Waals surface area contributed by atoms with Crippen LogP contribution in [0.2, 0.25) is 0 Å². The minimum absolute atomic E-state index is 1.08. The fraction of sp³-hybridized carbons (Fsp3) is 0.176. The lowest BCUT2D eigenvalue weighted by Gasteiger charge is -2.27. The van der Waals surface area contributed by atoms with E-state index >= 15 is 0 Å². The van der Waals surface area contributed by atoms with Crippen LogP contribution in [-0.2, 0) is 0 Å². The number of nitrogens with zero attached hydrogens (tertiary/aromatic N) is 1. The molecule has 0 saturated heterocycles. The van der Waals surface area contributed by atoms with Crippen molar-refractivity contribution in [2.45, 2.75) is 41.5 Å². The molecule has 0 heterocycles. The van der Waals surface area contributed by atoms with E-state index in [0.29, 0.717) is 0 Å². The lowest BCUT2D eigenvalue weighted by molar-refractivity contribution is 1.18. The summed E-state index contributed by atoms with van der Waals surface area (Å²) in [6.45, 7) is 12.5. The number of nitrogens with one attached hydrogen (secondary N) is 1. The van der Waals surface area contributed by atoms with Gasteiger partial charge in [-0.1, -0.05) is 80.1 Å². The number of aryl methyl sites for hydroxylation is 1. The van der Waals surface area contributed by atoms with Crippen LogP contribution in [0.5, 0.6) is 0 Å². The fourth-order valence-corrected chi connectivity index (χ4v) is 4.02. The quantitative estimate of drug-likeness (QED) is 0.268. The van der Waals surface area contributed by atoms with Crippen molar-refractivity contribution in [2.75, 3.05) is 10.2 Å². The average molecular weight is 475 g/mol. The molecule has 4 aromatic rings. The summed E-state index contributed by atoms with van der Waals surface area (Å²) >= 11 is 0. The van der Waals surface area contributed by atoms with Crippen molar-refractivity contribution in [1.82, 2.24) is 0 Å². The molecule has 0 bridgehead atoms. The van der Waals surface area contributed by atoms with E-state index in [1.165, 1.54) is 22.3 Å². The van der Waals surface area contributed by atoms with E-state index in [-0.39, 0.29) is 0 Å². The van der Waals surface area contributed by atoms with Crippen molar-refractivity contribution < 1.29 is 0 Å². The Labute approximate surface area is 217 Å². The van der Waals surface area contributed by atoms with Gasteiger partial charge in [-0.25, -0.2) is 0 Å². The monoisotopic (exact) mass is 474 g/mol. The largest absolute Gasteiger partial charge is 0.356 e. The second kappa shape index (κ2) is 13.2. The van der Waals surface area contributed by atoms with Crippen LogP contribution in [0.25, 0.3) is 11.1 Å². The molecule has 4 aromatic carbocycles. The van der Waals surface area contributed by atoms with Crippen molar-refractivity contribution >= 4 is 22.7 Å². The first-order chi connectivity index (χ1) is 17.5. The molecule has 0 unspecified atom stereocenters. The van der Waals surface area contributed by atoms with Gasteiger partial charge in [0.05, 0.1) is 0 Å². The first-order valence-electron chi connectivity index (χ1n) is 12.7. The Morgan fingerprint density at radius 2 is 1.25 bits per heavy atom. The number of benzene rings is 4. The van der Waals surface area contributed by atoms with Gasteiger partial charge in [0.2, 0.25) is 0 Å². The summed E-state index contributed by atoms with van der Waals surface area (Å²) in [4.78, 5) is 2.32. The van der Waals surface area contributed by atoms with Crippen LogP contribution in [0.3, 0.4) is 0 Å². The maximum absolute atomic E-state index is 3.45. The fourth-order valence-electron chi connectivity index (χ4n) is 4.02. The predicted molar refractivity (Wildman–Crippen MR) is 159 cm³/mol. The Hall–Kier alpha value is -4.04. The van der Waals surface area contributed by atoms with E-state index in [1.807, 2.05) is 32.0 Å². The molecule has 2 heteroatoms. The third-order valence-corrected chi connectivity index (χ3v) is 5.66. The highest BCUT2D eigenvalue weighted by Crippen LogP contribution is 2.33. The van der Waals surface area contributed by atoms with Crippen LogP contribution in [0.1, 0.15) is 40.2 Å². The number of para-hydroxylation sites is 1. The Balaban J connectivity index is 0.00000176. The van der Waals surface area contributed by atoms with Crippen molar-refractivity contribution in [3.8, 4) is 11.1 Å². The number of rotatable bonds is 7. The molecular weight excluding hydrogens is 436 g/mol. The highest BCUT2D eigenvalue weighted by molar-refractivity contribution is 5.75. The molecule has 0 spiro atoms. The van der Waals surface area contributed by atoms with Gasteiger partial charge in [-0.3, -0.25) is 0 Å². The van der Waals surface area contributed by atoms with Crippen LogP contribution >= 0.6 is 0 Å². The second-order valence-corrected chi connectivity index (χ2v) is 8.72. The molecule has 0 fully saturated rings. The number of hydrogen-bond donors (Lipinski definition) is 1. The van der Waals surface area contributed by atoms with E-state index in [9.17, 15) is 0 Å². The van der Waals surface area contributed by atoms with Gasteiger partial charge >= 0.3 is 0 Å². The Morgan fingerprint density at radius 1 is 0.667 bits per heavy atom. The third kappa shape index (κ3) is 6.99. The van der Waals surface area contributed by atoms with Gasteiger partial charge in [0, 0.05) is 28.4 Å². The Bertz CT molecular complexity index is 1280. The standard InChI is InChI=1S/C32H32N2.C2H6/c1-5-30(22-24(2)3)34(32-13-9-10-25(4)23-32)31-20-16-27(17-21-31)26-14-18-29(19-15-26)33-28-11-7-6-8-12-28;1-2/h5-23,33H,1-4H3;1-2H3/b30-5+;. The first-order valence-corrected chi connectivity index (χ1v) is 12.7.